The predicted octanol–water partition coefficient (Wildman–Crippen LogP) is 3.20. The Hall–Kier alpha value is -1.92. The van der Waals surface area contributed by atoms with E-state index in [4.69, 9.17) is 0 Å². The number of anilines is 1. The molecule has 7 heteroatoms. The van der Waals surface area contributed by atoms with Gasteiger partial charge in [0.15, 0.2) is 5.69 Å². The number of aromatic nitrogens is 3. The number of nitrogens with zero attached hydrogens (tertiary/aromatic N) is 4. The van der Waals surface area contributed by atoms with Gasteiger partial charge in [0.1, 0.15) is 0 Å². The molecular formula is C19H28ClN5O. The van der Waals surface area contributed by atoms with Crippen LogP contribution >= 0.6 is 12.4 Å². The number of carbonyl (C=O) groups is 1. The van der Waals surface area contributed by atoms with E-state index in [9.17, 15) is 4.79 Å². The third kappa shape index (κ3) is 4.43. The van der Waals surface area contributed by atoms with E-state index in [0.717, 1.165) is 31.6 Å². The molecule has 0 unspecified atom stereocenters. The monoisotopic (exact) mass is 377 g/mol. The first-order valence-electron chi connectivity index (χ1n) is 8.87. The standard InChI is InChI=1S/C19H27N5O.ClH/c1-19(2,3)14-5-7-15(8-6-14)23(4)18(25)17-13-24(22-21-17)16-9-11-20-12-10-16;/h5-8,13,16,20H,9-12H2,1-4H3;1H. The first-order valence-corrected chi connectivity index (χ1v) is 8.87. The second-order valence-corrected chi connectivity index (χ2v) is 7.73. The van der Waals surface area contributed by atoms with E-state index in [1.165, 1.54) is 5.56 Å². The molecule has 142 valence electrons. The molecule has 0 aliphatic carbocycles. The third-order valence-electron chi connectivity index (χ3n) is 4.84. The topological polar surface area (TPSA) is 63.1 Å². The van der Waals surface area contributed by atoms with E-state index in [1.54, 1.807) is 18.1 Å². The zero-order valence-electron chi connectivity index (χ0n) is 15.9. The van der Waals surface area contributed by atoms with Crippen molar-refractivity contribution in [3.05, 3.63) is 41.7 Å². The molecule has 0 atom stereocenters. The van der Waals surface area contributed by atoms with Crippen LogP contribution in [-0.2, 0) is 5.41 Å². The molecule has 26 heavy (non-hydrogen) atoms. The largest absolute Gasteiger partial charge is 0.317 e. The molecule has 0 bridgehead atoms. The summed E-state index contributed by atoms with van der Waals surface area (Å²) in [6.45, 7) is 8.49. The summed E-state index contributed by atoms with van der Waals surface area (Å²) in [5.74, 6) is -0.135. The van der Waals surface area contributed by atoms with Crippen molar-refractivity contribution in [2.45, 2.75) is 45.1 Å². The highest BCUT2D eigenvalue weighted by atomic mass is 35.5. The normalized spacial score (nSPS) is 15.4. The molecule has 6 nitrogen and oxygen atoms in total. The number of nitrogens with one attached hydrogen (secondary N) is 1. The summed E-state index contributed by atoms with van der Waals surface area (Å²) in [7, 11) is 1.78. The van der Waals surface area contributed by atoms with Gasteiger partial charge in [-0.1, -0.05) is 38.1 Å². The number of halogens is 1. The quantitative estimate of drug-likeness (QED) is 0.892. The lowest BCUT2D eigenvalue weighted by Gasteiger charge is -2.22. The number of rotatable bonds is 3. The van der Waals surface area contributed by atoms with E-state index in [1.807, 2.05) is 16.8 Å². The summed E-state index contributed by atoms with van der Waals surface area (Å²) < 4.78 is 1.84. The number of hydrogen-bond acceptors (Lipinski definition) is 4. The van der Waals surface area contributed by atoms with Crippen LogP contribution in [0.25, 0.3) is 0 Å². The van der Waals surface area contributed by atoms with E-state index >= 15 is 0 Å². The summed E-state index contributed by atoms with van der Waals surface area (Å²) in [5, 5.41) is 11.6. The molecule has 1 aromatic carbocycles. The Balaban J connectivity index is 0.00000243. The first kappa shape index (κ1) is 20.4. The fourth-order valence-electron chi connectivity index (χ4n) is 3.10. The molecule has 0 spiro atoms. The van der Waals surface area contributed by atoms with Gasteiger partial charge in [0.05, 0.1) is 12.2 Å². The van der Waals surface area contributed by atoms with Gasteiger partial charge >= 0.3 is 0 Å². The van der Waals surface area contributed by atoms with Crippen LogP contribution in [0.4, 0.5) is 5.69 Å². The Morgan fingerprint density at radius 1 is 1.19 bits per heavy atom. The lowest BCUT2D eigenvalue weighted by Crippen LogP contribution is -2.29. The highest BCUT2D eigenvalue weighted by molar-refractivity contribution is 6.04. The van der Waals surface area contributed by atoms with Crippen LogP contribution in [0.3, 0.4) is 0 Å². The summed E-state index contributed by atoms with van der Waals surface area (Å²) in [6, 6.07) is 8.44. The van der Waals surface area contributed by atoms with Crippen LogP contribution in [0, 0.1) is 0 Å². The van der Waals surface area contributed by atoms with Crippen LogP contribution < -0.4 is 10.2 Å². The fourth-order valence-corrected chi connectivity index (χ4v) is 3.10. The van der Waals surface area contributed by atoms with Gasteiger partial charge in [-0.3, -0.25) is 4.79 Å². The maximum absolute atomic E-state index is 12.7. The molecule has 2 heterocycles. The van der Waals surface area contributed by atoms with E-state index in [-0.39, 0.29) is 23.7 Å². The van der Waals surface area contributed by atoms with Gasteiger partial charge in [0, 0.05) is 12.7 Å². The van der Waals surface area contributed by atoms with Crippen LogP contribution in [0.5, 0.6) is 0 Å². The number of piperidine rings is 1. The fraction of sp³-hybridized carbons (Fsp3) is 0.526. The molecule has 2 aromatic rings. The Kier molecular flexibility index (Phi) is 6.42. The Bertz CT molecular complexity index is 729. The summed E-state index contributed by atoms with van der Waals surface area (Å²) in [4.78, 5) is 14.3. The maximum atomic E-state index is 12.7. The zero-order chi connectivity index (χ0) is 18.0. The van der Waals surface area contributed by atoms with Crippen molar-refractivity contribution >= 4 is 24.0 Å². The van der Waals surface area contributed by atoms with Gasteiger partial charge in [0.2, 0.25) is 0 Å². The number of amides is 1. The van der Waals surface area contributed by atoms with Gasteiger partial charge < -0.3 is 10.2 Å². The van der Waals surface area contributed by atoms with Gasteiger partial charge in [-0.2, -0.15) is 0 Å². The van der Waals surface area contributed by atoms with Crippen LogP contribution in [0.1, 0.15) is 55.7 Å². The molecule has 1 amide bonds. The SMILES string of the molecule is CN(C(=O)c1cn(C2CCNCC2)nn1)c1ccc(C(C)(C)C)cc1.Cl. The Labute approximate surface area is 161 Å². The molecule has 1 fully saturated rings. The van der Waals surface area contributed by atoms with Crippen molar-refractivity contribution in [3.63, 3.8) is 0 Å². The van der Waals surface area contributed by atoms with Crippen molar-refractivity contribution in [3.8, 4) is 0 Å². The first-order chi connectivity index (χ1) is 11.9. The minimum absolute atomic E-state index is 0. The van der Waals surface area contributed by atoms with Crippen molar-refractivity contribution in [2.24, 2.45) is 0 Å². The summed E-state index contributed by atoms with van der Waals surface area (Å²) >= 11 is 0. The second-order valence-electron chi connectivity index (χ2n) is 7.73. The number of benzene rings is 1. The van der Waals surface area contributed by atoms with Gasteiger partial charge in [-0.25, -0.2) is 4.68 Å². The lowest BCUT2D eigenvalue weighted by molar-refractivity contribution is 0.0988. The molecule has 1 saturated heterocycles. The number of hydrogen-bond donors (Lipinski definition) is 1. The Morgan fingerprint density at radius 2 is 1.81 bits per heavy atom. The van der Waals surface area contributed by atoms with Gasteiger partial charge in [-0.05, 0) is 49.0 Å². The third-order valence-corrected chi connectivity index (χ3v) is 4.84. The van der Waals surface area contributed by atoms with Crippen molar-refractivity contribution in [1.29, 1.82) is 0 Å². The molecule has 0 radical (unpaired) electrons. The van der Waals surface area contributed by atoms with Crippen molar-refractivity contribution < 1.29 is 4.79 Å². The average molecular weight is 378 g/mol. The van der Waals surface area contributed by atoms with Crippen LogP contribution in [0.2, 0.25) is 0 Å². The molecule has 3 rings (SSSR count). The van der Waals surface area contributed by atoms with E-state index < -0.39 is 0 Å². The minimum Gasteiger partial charge on any atom is -0.317 e. The highest BCUT2D eigenvalue weighted by Gasteiger charge is 2.22. The van der Waals surface area contributed by atoms with Crippen molar-refractivity contribution in [1.82, 2.24) is 20.3 Å². The molecule has 0 saturated carbocycles. The molecule has 1 aliphatic heterocycles. The predicted molar refractivity (Wildman–Crippen MR) is 106 cm³/mol. The van der Waals surface area contributed by atoms with E-state index in [0.29, 0.717) is 11.7 Å². The Morgan fingerprint density at radius 3 is 2.38 bits per heavy atom. The summed E-state index contributed by atoms with van der Waals surface area (Å²) in [5.41, 5.74) is 2.59. The molecular weight excluding hydrogens is 350 g/mol. The highest BCUT2D eigenvalue weighted by Crippen LogP contribution is 2.25. The zero-order valence-corrected chi connectivity index (χ0v) is 16.7. The number of carbonyl (C=O) groups excluding carboxylic acids is 1. The minimum atomic E-state index is -0.135. The maximum Gasteiger partial charge on any atom is 0.280 e. The van der Waals surface area contributed by atoms with Crippen LogP contribution in [0.15, 0.2) is 30.5 Å². The summed E-state index contributed by atoms with van der Waals surface area (Å²) in [6.07, 6.45) is 3.81. The molecule has 1 N–H and O–H groups in total. The lowest BCUT2D eigenvalue weighted by atomic mass is 9.87. The van der Waals surface area contributed by atoms with E-state index in [2.05, 4.69) is 48.5 Å². The van der Waals surface area contributed by atoms with Gasteiger partial charge in [0.25, 0.3) is 5.91 Å². The van der Waals surface area contributed by atoms with Crippen LogP contribution in [-0.4, -0.2) is 41.0 Å². The molecule has 1 aliphatic rings. The molecule has 1 aromatic heterocycles. The van der Waals surface area contributed by atoms with Crippen molar-refractivity contribution in [2.75, 3.05) is 25.0 Å². The van der Waals surface area contributed by atoms with Gasteiger partial charge in [-0.15, -0.1) is 17.5 Å². The smallest absolute Gasteiger partial charge is 0.280 e. The average Bonchev–Trinajstić information content (AvgIpc) is 3.11. The second kappa shape index (κ2) is 8.18.